The number of hydrogen-bond acceptors (Lipinski definition) is 4. The molecule has 0 radical (unpaired) electrons. The topological polar surface area (TPSA) is 84.5 Å². The molecule has 0 spiro atoms. The Hall–Kier alpha value is -2.61. The van der Waals surface area contributed by atoms with Crippen LogP contribution in [-0.4, -0.2) is 26.5 Å². The second kappa shape index (κ2) is 9.26. The molecule has 2 aromatic rings. The van der Waals surface area contributed by atoms with E-state index in [9.17, 15) is 17.6 Å². The summed E-state index contributed by atoms with van der Waals surface area (Å²) in [6.45, 7) is 1.66. The van der Waals surface area contributed by atoms with Gasteiger partial charge in [0.1, 0.15) is 11.6 Å². The van der Waals surface area contributed by atoms with E-state index in [0.717, 1.165) is 25.7 Å². The number of halogens is 1. The zero-order valence-electron chi connectivity index (χ0n) is 16.2. The van der Waals surface area contributed by atoms with Crippen LogP contribution in [-0.2, 0) is 14.8 Å². The van der Waals surface area contributed by atoms with Crippen molar-refractivity contribution in [1.82, 2.24) is 5.32 Å². The molecule has 29 heavy (non-hydrogen) atoms. The maximum atomic E-state index is 13.7. The minimum absolute atomic E-state index is 0.0348. The summed E-state index contributed by atoms with van der Waals surface area (Å²) in [5, 5.41) is 3.00. The van der Waals surface area contributed by atoms with E-state index in [1.54, 1.807) is 6.92 Å². The van der Waals surface area contributed by atoms with Gasteiger partial charge in [0.15, 0.2) is 6.10 Å². The molecule has 1 amide bonds. The zero-order valence-corrected chi connectivity index (χ0v) is 17.0. The van der Waals surface area contributed by atoms with Gasteiger partial charge in [-0.05, 0) is 56.2 Å². The summed E-state index contributed by atoms with van der Waals surface area (Å²) in [4.78, 5) is 12.3. The molecule has 0 aromatic heterocycles. The minimum Gasteiger partial charge on any atom is -0.481 e. The second-order valence-electron chi connectivity index (χ2n) is 7.16. The van der Waals surface area contributed by atoms with E-state index in [-0.39, 0.29) is 22.5 Å². The zero-order chi connectivity index (χ0) is 20.9. The maximum absolute atomic E-state index is 13.7. The number of rotatable bonds is 7. The average Bonchev–Trinajstić information content (AvgIpc) is 2.71. The highest BCUT2D eigenvalue weighted by molar-refractivity contribution is 7.92. The quantitative estimate of drug-likeness (QED) is 0.713. The minimum atomic E-state index is -3.94. The molecule has 0 bridgehead atoms. The van der Waals surface area contributed by atoms with Crippen molar-refractivity contribution in [1.29, 1.82) is 0 Å². The van der Waals surface area contributed by atoms with Gasteiger partial charge >= 0.3 is 0 Å². The van der Waals surface area contributed by atoms with Crippen molar-refractivity contribution in [2.24, 2.45) is 0 Å². The number of nitrogens with one attached hydrogen (secondary N) is 2. The molecule has 2 N–H and O–H groups in total. The van der Waals surface area contributed by atoms with Crippen LogP contribution in [0.4, 0.5) is 10.1 Å². The third-order valence-electron chi connectivity index (χ3n) is 4.89. The lowest BCUT2D eigenvalue weighted by Gasteiger charge is -2.24. The number of amides is 1. The maximum Gasteiger partial charge on any atom is 0.261 e. The van der Waals surface area contributed by atoms with Crippen molar-refractivity contribution < 1.29 is 22.3 Å². The first-order valence-electron chi connectivity index (χ1n) is 9.69. The van der Waals surface area contributed by atoms with Gasteiger partial charge in [-0.15, -0.1) is 0 Å². The van der Waals surface area contributed by atoms with Crippen molar-refractivity contribution in [3.63, 3.8) is 0 Å². The molecule has 0 heterocycles. The molecule has 1 aliphatic carbocycles. The number of sulfonamides is 1. The van der Waals surface area contributed by atoms with Crippen LogP contribution < -0.4 is 14.8 Å². The number of ether oxygens (including phenoxy) is 1. The molecule has 1 saturated carbocycles. The van der Waals surface area contributed by atoms with Crippen LogP contribution in [0.2, 0.25) is 0 Å². The van der Waals surface area contributed by atoms with E-state index in [1.807, 2.05) is 0 Å². The van der Waals surface area contributed by atoms with Gasteiger partial charge in [-0.2, -0.15) is 0 Å². The van der Waals surface area contributed by atoms with Gasteiger partial charge in [0.05, 0.1) is 10.6 Å². The van der Waals surface area contributed by atoms with Gasteiger partial charge in [-0.1, -0.05) is 31.4 Å². The Morgan fingerprint density at radius 2 is 1.72 bits per heavy atom. The number of carbonyl (C=O) groups is 1. The Kier molecular flexibility index (Phi) is 6.74. The van der Waals surface area contributed by atoms with Gasteiger partial charge in [0.2, 0.25) is 0 Å². The Morgan fingerprint density at radius 1 is 1.07 bits per heavy atom. The summed E-state index contributed by atoms with van der Waals surface area (Å²) in [6, 6.07) is 11.4. The SMILES string of the molecule is C[C@H](Oc1ccc(S(=O)(=O)Nc2ccccc2F)cc1)C(=O)NC1CCCCC1. The molecule has 8 heteroatoms. The third kappa shape index (κ3) is 5.69. The van der Waals surface area contributed by atoms with Crippen molar-refractivity contribution in [2.45, 2.75) is 56.1 Å². The standard InChI is InChI=1S/C21H25FN2O4S/c1-15(21(25)23-16-7-3-2-4-8-16)28-17-11-13-18(14-12-17)29(26,27)24-20-10-6-5-9-19(20)22/h5-6,9-16,24H,2-4,7-8H2,1H3,(H,23,25)/t15-/m0/s1. The van der Waals surface area contributed by atoms with E-state index >= 15 is 0 Å². The summed E-state index contributed by atoms with van der Waals surface area (Å²) in [7, 11) is -3.94. The summed E-state index contributed by atoms with van der Waals surface area (Å²) in [5.41, 5.74) is -0.124. The average molecular weight is 421 g/mol. The molecule has 156 valence electrons. The second-order valence-corrected chi connectivity index (χ2v) is 8.84. The molecule has 6 nitrogen and oxygen atoms in total. The van der Waals surface area contributed by atoms with Crippen LogP contribution in [0.1, 0.15) is 39.0 Å². The van der Waals surface area contributed by atoms with E-state index in [4.69, 9.17) is 4.74 Å². The smallest absolute Gasteiger partial charge is 0.261 e. The number of para-hydroxylation sites is 1. The first kappa shape index (κ1) is 21.1. The summed E-state index contributed by atoms with van der Waals surface area (Å²) >= 11 is 0. The van der Waals surface area contributed by atoms with Crippen molar-refractivity contribution >= 4 is 21.6 Å². The molecule has 3 rings (SSSR count). The van der Waals surface area contributed by atoms with Crippen LogP contribution >= 0.6 is 0 Å². The molecule has 0 saturated heterocycles. The molecule has 0 unspecified atom stereocenters. The Balaban J connectivity index is 1.60. The normalized spacial score (nSPS) is 16.1. The highest BCUT2D eigenvalue weighted by atomic mass is 32.2. The Bertz CT molecular complexity index is 941. The lowest BCUT2D eigenvalue weighted by Crippen LogP contribution is -2.43. The fourth-order valence-electron chi connectivity index (χ4n) is 3.27. The Morgan fingerprint density at radius 3 is 2.38 bits per heavy atom. The number of carbonyl (C=O) groups excluding carboxylic acids is 1. The summed E-state index contributed by atoms with van der Waals surface area (Å²) in [6.07, 6.45) is 4.73. The van der Waals surface area contributed by atoms with E-state index in [2.05, 4.69) is 10.0 Å². The highest BCUT2D eigenvalue weighted by Crippen LogP contribution is 2.22. The largest absolute Gasteiger partial charge is 0.481 e. The fourth-order valence-corrected chi connectivity index (χ4v) is 4.34. The van der Waals surface area contributed by atoms with Crippen molar-refractivity contribution in [3.05, 3.63) is 54.3 Å². The first-order valence-corrected chi connectivity index (χ1v) is 11.2. The molecule has 0 aliphatic heterocycles. The van der Waals surface area contributed by atoms with Gasteiger partial charge < -0.3 is 10.1 Å². The predicted octanol–water partition coefficient (Wildman–Crippen LogP) is 3.84. The van der Waals surface area contributed by atoms with Gasteiger partial charge in [0.25, 0.3) is 15.9 Å². The van der Waals surface area contributed by atoms with Gasteiger partial charge in [-0.25, -0.2) is 12.8 Å². The van der Waals surface area contributed by atoms with E-state index in [0.29, 0.717) is 5.75 Å². The summed E-state index contributed by atoms with van der Waals surface area (Å²) in [5.74, 6) is -0.468. The van der Waals surface area contributed by atoms with Crippen LogP contribution in [0.15, 0.2) is 53.4 Å². The molecule has 1 fully saturated rings. The summed E-state index contributed by atoms with van der Waals surface area (Å²) < 4.78 is 46.4. The van der Waals surface area contributed by atoms with Gasteiger partial charge in [-0.3, -0.25) is 9.52 Å². The number of benzene rings is 2. The van der Waals surface area contributed by atoms with Crippen LogP contribution in [0.25, 0.3) is 0 Å². The lowest BCUT2D eigenvalue weighted by atomic mass is 9.95. The third-order valence-corrected chi connectivity index (χ3v) is 6.27. The molecule has 2 aromatic carbocycles. The molecule has 1 atom stereocenters. The molecule has 1 aliphatic rings. The fraction of sp³-hybridized carbons (Fsp3) is 0.381. The van der Waals surface area contributed by atoms with Crippen LogP contribution in [0.5, 0.6) is 5.75 Å². The highest BCUT2D eigenvalue weighted by Gasteiger charge is 2.21. The number of hydrogen-bond donors (Lipinski definition) is 2. The van der Waals surface area contributed by atoms with Crippen LogP contribution in [0, 0.1) is 5.82 Å². The predicted molar refractivity (Wildman–Crippen MR) is 109 cm³/mol. The van der Waals surface area contributed by atoms with E-state index < -0.39 is 21.9 Å². The van der Waals surface area contributed by atoms with Crippen molar-refractivity contribution in [2.75, 3.05) is 4.72 Å². The monoisotopic (exact) mass is 420 g/mol. The number of anilines is 1. The van der Waals surface area contributed by atoms with Crippen LogP contribution in [0.3, 0.4) is 0 Å². The van der Waals surface area contributed by atoms with E-state index in [1.165, 1.54) is 55.0 Å². The van der Waals surface area contributed by atoms with Gasteiger partial charge in [0, 0.05) is 6.04 Å². The first-order chi connectivity index (χ1) is 13.8. The van der Waals surface area contributed by atoms with Crippen molar-refractivity contribution in [3.8, 4) is 5.75 Å². The lowest BCUT2D eigenvalue weighted by molar-refractivity contribution is -0.128. The molecular weight excluding hydrogens is 395 g/mol. The molecular formula is C21H25FN2O4S. The Labute approximate surface area is 170 Å².